The monoisotopic (exact) mass is 371 g/mol. The first-order valence-corrected chi connectivity index (χ1v) is 8.94. The van der Waals surface area contributed by atoms with Gasteiger partial charge in [-0.3, -0.25) is 4.79 Å². The van der Waals surface area contributed by atoms with Gasteiger partial charge >= 0.3 is 0 Å². The molecule has 1 N–H and O–H groups in total. The summed E-state index contributed by atoms with van der Waals surface area (Å²) in [6, 6.07) is 2.83. The summed E-state index contributed by atoms with van der Waals surface area (Å²) in [6.07, 6.45) is 3.13. The molecule has 1 aromatic heterocycles. The van der Waals surface area contributed by atoms with Crippen LogP contribution in [0.25, 0.3) is 0 Å². The van der Waals surface area contributed by atoms with Crippen molar-refractivity contribution < 1.29 is 22.0 Å². The third-order valence-electron chi connectivity index (χ3n) is 3.85. The Balaban J connectivity index is 1.50. The van der Waals surface area contributed by atoms with Crippen LogP contribution in [-0.2, 0) is 14.8 Å². The van der Waals surface area contributed by atoms with E-state index < -0.39 is 26.6 Å². The SMILES string of the molecule is O=C(CCNS(=O)(=O)c1c(F)cccc1F)N1CC(n2ccnn2)C1. The number of likely N-dealkylation sites (tertiary alicyclic amines) is 1. The largest absolute Gasteiger partial charge is 0.338 e. The first-order chi connectivity index (χ1) is 11.9. The standard InChI is InChI=1S/C14H15F2N5O3S/c15-11-2-1-3-12(16)14(11)25(23,24)18-5-4-13(22)20-8-10(9-20)21-7-6-17-19-21/h1-3,6-7,10,18H,4-5,8-9H2. The van der Waals surface area contributed by atoms with Crippen LogP contribution in [0.1, 0.15) is 12.5 Å². The Morgan fingerprint density at radius 3 is 2.56 bits per heavy atom. The Morgan fingerprint density at radius 1 is 1.28 bits per heavy atom. The molecule has 134 valence electrons. The highest BCUT2D eigenvalue weighted by atomic mass is 32.2. The summed E-state index contributed by atoms with van der Waals surface area (Å²) in [5.41, 5.74) is 0. The van der Waals surface area contributed by atoms with E-state index in [2.05, 4.69) is 10.3 Å². The fourth-order valence-corrected chi connectivity index (χ4v) is 3.66. The molecule has 0 saturated carbocycles. The summed E-state index contributed by atoms with van der Waals surface area (Å²) in [5, 5.41) is 7.53. The zero-order chi connectivity index (χ0) is 18.0. The van der Waals surface area contributed by atoms with E-state index in [1.54, 1.807) is 22.0 Å². The summed E-state index contributed by atoms with van der Waals surface area (Å²) in [5.74, 6) is -2.62. The van der Waals surface area contributed by atoms with Gasteiger partial charge in [-0.25, -0.2) is 26.6 Å². The second-order valence-electron chi connectivity index (χ2n) is 5.53. The molecule has 8 nitrogen and oxygen atoms in total. The molecule has 1 aromatic carbocycles. The average molecular weight is 371 g/mol. The van der Waals surface area contributed by atoms with Crippen molar-refractivity contribution in [3.05, 3.63) is 42.2 Å². The van der Waals surface area contributed by atoms with Crippen molar-refractivity contribution >= 4 is 15.9 Å². The predicted octanol–water partition coefficient (Wildman–Crippen LogP) is 0.308. The molecule has 0 spiro atoms. The highest BCUT2D eigenvalue weighted by Crippen LogP contribution is 2.21. The highest BCUT2D eigenvalue weighted by Gasteiger charge is 2.32. The van der Waals surface area contributed by atoms with E-state index >= 15 is 0 Å². The number of carbonyl (C=O) groups is 1. The lowest BCUT2D eigenvalue weighted by molar-refractivity contribution is -0.137. The van der Waals surface area contributed by atoms with Gasteiger partial charge < -0.3 is 4.90 Å². The average Bonchev–Trinajstić information content (AvgIpc) is 2.99. The maximum Gasteiger partial charge on any atom is 0.246 e. The van der Waals surface area contributed by atoms with Crippen LogP contribution in [0.4, 0.5) is 8.78 Å². The molecule has 0 unspecified atom stereocenters. The summed E-state index contributed by atoms with van der Waals surface area (Å²) in [4.78, 5) is 12.5. The molecule has 1 fully saturated rings. The zero-order valence-electron chi connectivity index (χ0n) is 13.0. The van der Waals surface area contributed by atoms with E-state index in [4.69, 9.17) is 0 Å². The first-order valence-electron chi connectivity index (χ1n) is 7.46. The molecular formula is C14H15F2N5O3S. The molecule has 1 aliphatic rings. The molecule has 11 heteroatoms. The number of amides is 1. The van der Waals surface area contributed by atoms with E-state index in [0.717, 1.165) is 18.2 Å². The van der Waals surface area contributed by atoms with Crippen LogP contribution in [0.15, 0.2) is 35.5 Å². The number of hydrogen-bond acceptors (Lipinski definition) is 5. The third-order valence-corrected chi connectivity index (χ3v) is 5.36. The van der Waals surface area contributed by atoms with E-state index in [1.165, 1.54) is 0 Å². The Hall–Kier alpha value is -2.40. The van der Waals surface area contributed by atoms with Crippen molar-refractivity contribution in [1.29, 1.82) is 0 Å². The lowest BCUT2D eigenvalue weighted by atomic mass is 10.1. The van der Waals surface area contributed by atoms with Gasteiger partial charge in [-0.2, -0.15) is 0 Å². The number of benzene rings is 1. The predicted molar refractivity (Wildman–Crippen MR) is 81.8 cm³/mol. The second kappa shape index (κ2) is 6.84. The van der Waals surface area contributed by atoms with E-state index in [-0.39, 0.29) is 24.9 Å². The van der Waals surface area contributed by atoms with Crippen molar-refractivity contribution in [2.24, 2.45) is 0 Å². The molecule has 3 rings (SSSR count). The van der Waals surface area contributed by atoms with Crippen LogP contribution >= 0.6 is 0 Å². The summed E-state index contributed by atoms with van der Waals surface area (Å²) < 4.78 is 54.8. The van der Waals surface area contributed by atoms with Crippen molar-refractivity contribution in [3.63, 3.8) is 0 Å². The van der Waals surface area contributed by atoms with Gasteiger partial charge in [0, 0.05) is 32.3 Å². The van der Waals surface area contributed by atoms with Gasteiger partial charge in [0.2, 0.25) is 15.9 Å². The molecular weight excluding hydrogens is 356 g/mol. The minimum atomic E-state index is -4.37. The summed E-state index contributed by atoms with van der Waals surface area (Å²) in [6.45, 7) is 0.660. The van der Waals surface area contributed by atoms with Crippen LogP contribution in [0, 0.1) is 11.6 Å². The van der Waals surface area contributed by atoms with Crippen LogP contribution < -0.4 is 4.72 Å². The van der Waals surface area contributed by atoms with Crippen LogP contribution in [0.2, 0.25) is 0 Å². The summed E-state index contributed by atoms with van der Waals surface area (Å²) >= 11 is 0. The van der Waals surface area contributed by atoms with Crippen LogP contribution in [-0.4, -0.2) is 53.9 Å². The molecule has 1 saturated heterocycles. The van der Waals surface area contributed by atoms with Crippen molar-refractivity contribution in [2.45, 2.75) is 17.4 Å². The maximum absolute atomic E-state index is 13.6. The molecule has 0 aliphatic carbocycles. The number of carbonyl (C=O) groups excluding carboxylic acids is 1. The first kappa shape index (κ1) is 17.4. The normalized spacial score (nSPS) is 15.2. The third kappa shape index (κ3) is 3.66. The molecule has 1 amide bonds. The smallest absolute Gasteiger partial charge is 0.246 e. The van der Waals surface area contributed by atoms with Gasteiger partial charge in [0.05, 0.1) is 12.2 Å². The molecule has 2 heterocycles. The minimum Gasteiger partial charge on any atom is -0.338 e. The summed E-state index contributed by atoms with van der Waals surface area (Å²) in [7, 11) is -4.37. The number of rotatable bonds is 6. The van der Waals surface area contributed by atoms with Crippen molar-refractivity contribution in [3.8, 4) is 0 Å². The Morgan fingerprint density at radius 2 is 1.96 bits per heavy atom. The van der Waals surface area contributed by atoms with Gasteiger partial charge in [-0.15, -0.1) is 5.10 Å². The number of nitrogens with zero attached hydrogens (tertiary/aromatic N) is 4. The topological polar surface area (TPSA) is 97.2 Å². The van der Waals surface area contributed by atoms with Crippen LogP contribution in [0.3, 0.4) is 0 Å². The molecule has 0 radical (unpaired) electrons. The molecule has 25 heavy (non-hydrogen) atoms. The Kier molecular flexibility index (Phi) is 4.77. The van der Waals surface area contributed by atoms with E-state index in [0.29, 0.717) is 13.1 Å². The molecule has 1 aliphatic heterocycles. The minimum absolute atomic E-state index is 0.0515. The van der Waals surface area contributed by atoms with E-state index in [1.807, 2.05) is 4.72 Å². The fraction of sp³-hybridized carbons (Fsp3) is 0.357. The van der Waals surface area contributed by atoms with Gasteiger partial charge in [-0.05, 0) is 12.1 Å². The fourth-order valence-electron chi connectivity index (χ4n) is 2.50. The van der Waals surface area contributed by atoms with Crippen LogP contribution in [0.5, 0.6) is 0 Å². The van der Waals surface area contributed by atoms with Crippen molar-refractivity contribution in [1.82, 2.24) is 24.6 Å². The lowest BCUT2D eigenvalue weighted by Crippen LogP contribution is -2.51. The van der Waals surface area contributed by atoms with Crippen molar-refractivity contribution in [2.75, 3.05) is 19.6 Å². The zero-order valence-corrected chi connectivity index (χ0v) is 13.8. The number of sulfonamides is 1. The van der Waals surface area contributed by atoms with E-state index in [9.17, 15) is 22.0 Å². The van der Waals surface area contributed by atoms with Gasteiger partial charge in [0.25, 0.3) is 0 Å². The van der Waals surface area contributed by atoms with Gasteiger partial charge in [-0.1, -0.05) is 11.3 Å². The number of hydrogen-bond donors (Lipinski definition) is 1. The number of halogens is 2. The number of aromatic nitrogens is 3. The quantitative estimate of drug-likeness (QED) is 0.788. The maximum atomic E-state index is 13.6. The Labute approximate surface area is 142 Å². The second-order valence-corrected chi connectivity index (χ2v) is 7.24. The highest BCUT2D eigenvalue weighted by molar-refractivity contribution is 7.89. The van der Waals surface area contributed by atoms with Gasteiger partial charge in [0.1, 0.15) is 11.6 Å². The molecule has 0 atom stereocenters. The number of nitrogens with one attached hydrogen (secondary N) is 1. The van der Waals surface area contributed by atoms with Gasteiger partial charge in [0.15, 0.2) is 4.90 Å². The lowest BCUT2D eigenvalue weighted by Gasteiger charge is -2.38. The Bertz CT molecular complexity index is 846. The molecule has 0 bridgehead atoms. The molecule has 2 aromatic rings.